The molecule has 5 nitrogen and oxygen atoms in total. The van der Waals surface area contributed by atoms with Crippen LogP contribution in [-0.4, -0.2) is 26.5 Å². The number of esters is 1. The molecule has 1 N–H and O–H groups in total. The third kappa shape index (κ3) is 5.01. The number of carbonyl (C=O) groups excluding carboxylic acids is 1. The quantitative estimate of drug-likeness (QED) is 0.676. The van der Waals surface area contributed by atoms with Crippen LogP contribution < -0.4 is 4.72 Å². The molecule has 0 aromatic heterocycles. The summed E-state index contributed by atoms with van der Waals surface area (Å²) < 4.78 is 69.2. The Hall–Kier alpha value is -1.61. The van der Waals surface area contributed by atoms with Gasteiger partial charge in [-0.15, -0.1) is 0 Å². The van der Waals surface area contributed by atoms with Crippen LogP contribution in [0.15, 0.2) is 17.0 Å². The number of sulfonamides is 1. The lowest BCUT2D eigenvalue weighted by molar-refractivity contribution is -0.153. The van der Waals surface area contributed by atoms with E-state index in [0.29, 0.717) is 0 Å². The summed E-state index contributed by atoms with van der Waals surface area (Å²) in [6, 6.07) is 0.305. The summed E-state index contributed by atoms with van der Waals surface area (Å²) in [5.41, 5.74) is -0.824. The van der Waals surface area contributed by atoms with Gasteiger partial charge in [-0.2, -0.15) is 4.72 Å². The molecule has 0 aliphatic rings. The number of ether oxygens (including phenoxy) is 1. The van der Waals surface area contributed by atoms with Gasteiger partial charge in [-0.1, -0.05) is 0 Å². The monoisotopic (exact) mass is 325 g/mol. The molecule has 9 heteroatoms. The second-order valence-electron chi connectivity index (χ2n) is 5.11. The third-order valence-electron chi connectivity index (χ3n) is 2.09. The van der Waals surface area contributed by atoms with E-state index in [1.54, 1.807) is 25.5 Å². The van der Waals surface area contributed by atoms with Crippen molar-refractivity contribution in [3.63, 3.8) is 0 Å². The predicted octanol–water partition coefficient (Wildman–Crippen LogP) is 1.72. The maximum Gasteiger partial charge on any atom is 0.321 e. The highest BCUT2D eigenvalue weighted by Gasteiger charge is 2.24. The molecule has 1 rings (SSSR count). The number of benzene rings is 1. The summed E-state index contributed by atoms with van der Waals surface area (Å²) in [4.78, 5) is 10.3. The van der Waals surface area contributed by atoms with Crippen molar-refractivity contribution >= 4 is 16.0 Å². The Morgan fingerprint density at radius 2 is 1.67 bits per heavy atom. The Kier molecular flexibility index (Phi) is 5.00. The number of carbonyl (C=O) groups is 1. The van der Waals surface area contributed by atoms with E-state index in [2.05, 4.69) is 0 Å². The van der Waals surface area contributed by atoms with E-state index in [4.69, 9.17) is 4.74 Å². The normalized spacial score (nSPS) is 12.3. The molecule has 0 fully saturated rings. The molecule has 1 aromatic carbocycles. The molecule has 21 heavy (non-hydrogen) atoms. The lowest BCUT2D eigenvalue weighted by Gasteiger charge is -2.19. The molecule has 0 aliphatic carbocycles. The third-order valence-corrected chi connectivity index (χ3v) is 3.51. The molecule has 0 heterocycles. The Morgan fingerprint density at radius 3 is 2.19 bits per heavy atom. The number of hydrogen-bond acceptors (Lipinski definition) is 4. The van der Waals surface area contributed by atoms with Crippen molar-refractivity contribution in [2.45, 2.75) is 31.3 Å². The smallest absolute Gasteiger partial charge is 0.321 e. The van der Waals surface area contributed by atoms with Gasteiger partial charge in [-0.25, -0.2) is 21.6 Å². The van der Waals surface area contributed by atoms with Crippen molar-refractivity contribution in [3.8, 4) is 0 Å². The van der Waals surface area contributed by atoms with E-state index >= 15 is 0 Å². The molecule has 0 atom stereocenters. The van der Waals surface area contributed by atoms with Crippen LogP contribution in [0.4, 0.5) is 13.2 Å². The van der Waals surface area contributed by atoms with Gasteiger partial charge in [0, 0.05) is 6.07 Å². The summed E-state index contributed by atoms with van der Waals surface area (Å²) in [6.45, 7) is 3.97. The van der Waals surface area contributed by atoms with Gasteiger partial charge in [0.1, 0.15) is 22.9 Å². The molecule has 0 unspecified atom stereocenters. The van der Waals surface area contributed by atoms with Gasteiger partial charge in [-0.05, 0) is 26.8 Å². The van der Waals surface area contributed by atoms with Crippen LogP contribution in [0.1, 0.15) is 20.8 Å². The minimum atomic E-state index is -4.51. The van der Waals surface area contributed by atoms with Crippen LogP contribution in [0.2, 0.25) is 0 Å². The highest BCUT2D eigenvalue weighted by Crippen LogP contribution is 2.18. The van der Waals surface area contributed by atoms with Gasteiger partial charge < -0.3 is 4.74 Å². The lowest BCUT2D eigenvalue weighted by Crippen LogP contribution is -2.35. The fraction of sp³-hybridized carbons (Fsp3) is 0.417. The second kappa shape index (κ2) is 6.02. The zero-order chi connectivity index (χ0) is 16.4. The Balaban J connectivity index is 2.88. The van der Waals surface area contributed by atoms with Gasteiger partial charge in [0.2, 0.25) is 10.0 Å². The Bertz CT molecular complexity index is 653. The van der Waals surface area contributed by atoms with Gasteiger partial charge >= 0.3 is 5.97 Å². The molecule has 0 bridgehead atoms. The molecule has 0 aliphatic heterocycles. The first-order chi connectivity index (χ1) is 9.42. The van der Waals surface area contributed by atoms with E-state index in [1.165, 1.54) is 0 Å². The van der Waals surface area contributed by atoms with Crippen LogP contribution >= 0.6 is 0 Å². The van der Waals surface area contributed by atoms with Crippen LogP contribution in [0, 0.1) is 17.5 Å². The van der Waals surface area contributed by atoms with E-state index in [0.717, 1.165) is 0 Å². The minimum Gasteiger partial charge on any atom is -0.459 e. The topological polar surface area (TPSA) is 72.5 Å². The van der Waals surface area contributed by atoms with Crippen LogP contribution in [0.3, 0.4) is 0 Å². The number of nitrogens with one attached hydrogen (secondary N) is 1. The van der Waals surface area contributed by atoms with Gasteiger partial charge in [0.15, 0.2) is 11.6 Å². The number of halogens is 3. The van der Waals surface area contributed by atoms with Crippen molar-refractivity contribution in [2.75, 3.05) is 6.54 Å². The summed E-state index contributed by atoms with van der Waals surface area (Å²) in [5, 5.41) is 0. The SMILES string of the molecule is CC(C)(C)OC(=O)CNS(=O)(=O)c1cc(F)c(F)cc1F. The van der Waals surface area contributed by atoms with Gasteiger partial charge in [0.05, 0.1) is 0 Å². The minimum absolute atomic E-state index is 0.109. The average molecular weight is 325 g/mol. The van der Waals surface area contributed by atoms with Gasteiger partial charge in [-0.3, -0.25) is 4.79 Å². The standard InChI is InChI=1S/C12H14F3NO4S/c1-12(2,3)20-11(17)6-16-21(18,19)10-5-8(14)7(13)4-9(10)15/h4-5,16H,6H2,1-3H3. The largest absolute Gasteiger partial charge is 0.459 e. The molecule has 0 saturated carbocycles. The fourth-order valence-electron chi connectivity index (χ4n) is 1.32. The van der Waals surface area contributed by atoms with Crippen molar-refractivity contribution in [1.82, 2.24) is 4.72 Å². The van der Waals surface area contributed by atoms with Crippen molar-refractivity contribution in [1.29, 1.82) is 0 Å². The van der Waals surface area contributed by atoms with Crippen LogP contribution in [0.5, 0.6) is 0 Å². The zero-order valence-electron chi connectivity index (χ0n) is 11.5. The van der Waals surface area contributed by atoms with Crippen molar-refractivity contribution < 1.29 is 31.1 Å². The second-order valence-corrected chi connectivity index (χ2v) is 6.84. The number of hydrogen-bond donors (Lipinski definition) is 1. The van der Waals surface area contributed by atoms with E-state index in [1.807, 2.05) is 0 Å². The van der Waals surface area contributed by atoms with Gasteiger partial charge in [0.25, 0.3) is 0 Å². The molecule has 0 amide bonds. The highest BCUT2D eigenvalue weighted by molar-refractivity contribution is 7.89. The predicted molar refractivity (Wildman–Crippen MR) is 67.3 cm³/mol. The Morgan fingerprint density at radius 1 is 1.14 bits per heavy atom. The summed E-state index contributed by atoms with van der Waals surface area (Å²) in [5.74, 6) is -5.40. The molecule has 0 saturated heterocycles. The first kappa shape index (κ1) is 17.4. The molecular formula is C12H14F3NO4S. The summed E-state index contributed by atoms with van der Waals surface area (Å²) >= 11 is 0. The molecular weight excluding hydrogens is 311 g/mol. The first-order valence-corrected chi connectivity index (χ1v) is 7.27. The first-order valence-electron chi connectivity index (χ1n) is 5.78. The highest BCUT2D eigenvalue weighted by atomic mass is 32.2. The molecule has 1 aromatic rings. The molecule has 0 radical (unpaired) electrons. The fourth-order valence-corrected chi connectivity index (χ4v) is 2.36. The summed E-state index contributed by atoms with van der Waals surface area (Å²) in [7, 11) is -4.51. The maximum atomic E-state index is 13.4. The average Bonchev–Trinajstić information content (AvgIpc) is 2.29. The maximum absolute atomic E-state index is 13.4. The molecule has 0 spiro atoms. The van der Waals surface area contributed by atoms with Crippen LogP contribution in [-0.2, 0) is 19.6 Å². The van der Waals surface area contributed by atoms with E-state index in [9.17, 15) is 26.4 Å². The van der Waals surface area contributed by atoms with Crippen molar-refractivity contribution in [2.24, 2.45) is 0 Å². The summed E-state index contributed by atoms with van der Waals surface area (Å²) in [6.07, 6.45) is 0. The van der Waals surface area contributed by atoms with E-state index in [-0.39, 0.29) is 12.1 Å². The van der Waals surface area contributed by atoms with E-state index < -0.39 is 50.5 Å². The zero-order valence-corrected chi connectivity index (χ0v) is 12.4. The number of rotatable bonds is 4. The molecule has 118 valence electrons. The van der Waals surface area contributed by atoms with Crippen LogP contribution in [0.25, 0.3) is 0 Å². The Labute approximate surface area is 120 Å². The van der Waals surface area contributed by atoms with Crippen molar-refractivity contribution in [3.05, 3.63) is 29.6 Å². The lowest BCUT2D eigenvalue weighted by atomic mass is 10.2.